The van der Waals surface area contributed by atoms with Gasteiger partial charge in [-0.05, 0) is 45.7 Å². The van der Waals surface area contributed by atoms with E-state index in [9.17, 15) is 4.79 Å². The predicted octanol–water partition coefficient (Wildman–Crippen LogP) is 2.40. The van der Waals surface area contributed by atoms with Crippen molar-refractivity contribution in [3.8, 4) is 0 Å². The summed E-state index contributed by atoms with van der Waals surface area (Å²) in [4.78, 5) is 18.4. The lowest BCUT2D eigenvalue weighted by molar-refractivity contribution is 0.0557. The number of anilines is 2. The predicted molar refractivity (Wildman–Crippen MR) is 87.8 cm³/mol. The number of nitrogen functional groups attached to an aromatic ring is 1. The number of carbonyl (C=O) groups excluding carboxylic acids is 1. The van der Waals surface area contributed by atoms with E-state index >= 15 is 0 Å². The van der Waals surface area contributed by atoms with Gasteiger partial charge in [-0.2, -0.15) is 0 Å². The summed E-state index contributed by atoms with van der Waals surface area (Å²) in [6, 6.07) is 1.78. The summed E-state index contributed by atoms with van der Waals surface area (Å²) < 4.78 is 5.58. The molecule has 2 rings (SSSR count). The molecule has 0 radical (unpaired) electrons. The van der Waals surface area contributed by atoms with Crippen molar-refractivity contribution in [2.24, 2.45) is 5.92 Å². The van der Waals surface area contributed by atoms with Gasteiger partial charge in [0.05, 0.1) is 23.6 Å². The number of amides is 1. The van der Waals surface area contributed by atoms with Gasteiger partial charge in [-0.3, -0.25) is 9.88 Å². The van der Waals surface area contributed by atoms with E-state index in [0.29, 0.717) is 17.3 Å². The third-order valence-corrected chi connectivity index (χ3v) is 3.59. The Bertz CT molecular complexity index is 527. The number of pyridine rings is 1. The SMILES string of the molecule is C[C@H]1CNC[C@@H](N(C(=O)OC(C)(C)C)c2ccncc2N)C1. The Balaban J connectivity index is 2.32. The lowest BCUT2D eigenvalue weighted by atomic mass is 9.96. The molecule has 2 atom stereocenters. The molecule has 22 heavy (non-hydrogen) atoms. The van der Waals surface area contributed by atoms with Gasteiger partial charge in [-0.25, -0.2) is 4.79 Å². The highest BCUT2D eigenvalue weighted by Crippen LogP contribution is 2.29. The molecule has 0 saturated carbocycles. The first-order valence-electron chi connectivity index (χ1n) is 7.70. The van der Waals surface area contributed by atoms with Crippen molar-refractivity contribution < 1.29 is 9.53 Å². The second-order valence-corrected chi connectivity index (χ2v) is 6.94. The van der Waals surface area contributed by atoms with Crippen LogP contribution in [0.25, 0.3) is 0 Å². The van der Waals surface area contributed by atoms with E-state index in [1.807, 2.05) is 20.8 Å². The number of nitrogens with one attached hydrogen (secondary N) is 1. The van der Waals surface area contributed by atoms with Crippen LogP contribution in [0.3, 0.4) is 0 Å². The number of hydrogen-bond acceptors (Lipinski definition) is 5. The van der Waals surface area contributed by atoms with Crippen LogP contribution < -0.4 is 16.0 Å². The van der Waals surface area contributed by atoms with Gasteiger partial charge in [0.15, 0.2) is 0 Å². The summed E-state index contributed by atoms with van der Waals surface area (Å²) in [6.45, 7) is 9.44. The monoisotopic (exact) mass is 306 g/mol. The lowest BCUT2D eigenvalue weighted by Crippen LogP contribution is -2.52. The molecule has 1 aromatic heterocycles. The number of rotatable bonds is 2. The second kappa shape index (κ2) is 6.52. The summed E-state index contributed by atoms with van der Waals surface area (Å²) in [5.74, 6) is 0.492. The van der Waals surface area contributed by atoms with Gasteiger partial charge in [0.1, 0.15) is 5.60 Å². The molecular weight excluding hydrogens is 280 g/mol. The van der Waals surface area contributed by atoms with Crippen molar-refractivity contribution in [3.05, 3.63) is 18.5 Å². The molecule has 0 aliphatic carbocycles. The van der Waals surface area contributed by atoms with Gasteiger partial charge in [0.25, 0.3) is 0 Å². The molecule has 1 fully saturated rings. The minimum Gasteiger partial charge on any atom is -0.443 e. The first kappa shape index (κ1) is 16.5. The third-order valence-electron chi connectivity index (χ3n) is 3.59. The number of aromatic nitrogens is 1. The fourth-order valence-electron chi connectivity index (χ4n) is 2.70. The van der Waals surface area contributed by atoms with E-state index in [4.69, 9.17) is 10.5 Å². The van der Waals surface area contributed by atoms with Gasteiger partial charge in [0.2, 0.25) is 0 Å². The number of nitrogens with zero attached hydrogens (tertiary/aromatic N) is 2. The van der Waals surface area contributed by atoms with E-state index in [-0.39, 0.29) is 12.1 Å². The van der Waals surface area contributed by atoms with Crippen LogP contribution in [0.1, 0.15) is 34.1 Å². The molecule has 0 aromatic carbocycles. The van der Waals surface area contributed by atoms with Crippen LogP contribution in [0.15, 0.2) is 18.5 Å². The molecule has 3 N–H and O–H groups in total. The van der Waals surface area contributed by atoms with Crippen molar-refractivity contribution in [3.63, 3.8) is 0 Å². The summed E-state index contributed by atoms with van der Waals surface area (Å²) in [7, 11) is 0. The van der Waals surface area contributed by atoms with Gasteiger partial charge in [-0.1, -0.05) is 6.92 Å². The van der Waals surface area contributed by atoms with Crippen molar-refractivity contribution in [2.75, 3.05) is 23.7 Å². The number of carbonyl (C=O) groups is 1. The average Bonchev–Trinajstić information content (AvgIpc) is 2.39. The van der Waals surface area contributed by atoms with Gasteiger partial charge >= 0.3 is 6.09 Å². The number of ether oxygens (including phenoxy) is 1. The highest BCUT2D eigenvalue weighted by atomic mass is 16.6. The molecule has 122 valence electrons. The Morgan fingerprint density at radius 3 is 2.77 bits per heavy atom. The minimum absolute atomic E-state index is 0.0169. The first-order chi connectivity index (χ1) is 10.3. The van der Waals surface area contributed by atoms with E-state index in [2.05, 4.69) is 17.2 Å². The fraction of sp³-hybridized carbons (Fsp3) is 0.625. The van der Waals surface area contributed by atoms with Crippen LogP contribution in [-0.2, 0) is 4.74 Å². The zero-order valence-corrected chi connectivity index (χ0v) is 13.8. The van der Waals surface area contributed by atoms with Gasteiger partial charge in [-0.15, -0.1) is 0 Å². The number of hydrogen-bond donors (Lipinski definition) is 2. The molecule has 0 bridgehead atoms. The maximum absolute atomic E-state index is 12.7. The van der Waals surface area contributed by atoms with Gasteiger partial charge in [0, 0.05) is 12.7 Å². The standard InChI is InChI=1S/C16H26N4O2/c1-11-7-12(9-19-8-11)20(15(21)22-16(2,3)4)14-5-6-18-10-13(14)17/h5-6,10-12,19H,7-9,17H2,1-4H3/t11-,12+/m1/s1. The Morgan fingerprint density at radius 1 is 1.45 bits per heavy atom. The Hall–Kier alpha value is -1.82. The van der Waals surface area contributed by atoms with Crippen LogP contribution in [0, 0.1) is 5.92 Å². The molecule has 1 aromatic rings. The molecule has 2 heterocycles. The topological polar surface area (TPSA) is 80.5 Å². The van der Waals surface area contributed by atoms with Crippen molar-refractivity contribution >= 4 is 17.5 Å². The third kappa shape index (κ3) is 4.10. The molecule has 6 nitrogen and oxygen atoms in total. The van der Waals surface area contributed by atoms with E-state index < -0.39 is 5.60 Å². The molecule has 0 unspecified atom stereocenters. The summed E-state index contributed by atoms with van der Waals surface area (Å²) >= 11 is 0. The zero-order chi connectivity index (χ0) is 16.3. The van der Waals surface area contributed by atoms with Crippen LogP contribution in [0.2, 0.25) is 0 Å². The number of piperidine rings is 1. The zero-order valence-electron chi connectivity index (χ0n) is 13.8. The Morgan fingerprint density at radius 2 is 2.18 bits per heavy atom. The van der Waals surface area contributed by atoms with Gasteiger partial charge < -0.3 is 15.8 Å². The molecule has 6 heteroatoms. The van der Waals surface area contributed by atoms with Crippen LogP contribution in [-0.4, -0.2) is 35.8 Å². The minimum atomic E-state index is -0.551. The Labute approximate surface area is 132 Å². The van der Waals surface area contributed by atoms with Crippen molar-refractivity contribution in [2.45, 2.75) is 45.8 Å². The number of nitrogens with two attached hydrogens (primary N) is 1. The highest BCUT2D eigenvalue weighted by Gasteiger charge is 2.33. The second-order valence-electron chi connectivity index (χ2n) is 6.94. The summed E-state index contributed by atoms with van der Waals surface area (Å²) in [6.07, 6.45) is 3.75. The van der Waals surface area contributed by atoms with Crippen molar-refractivity contribution in [1.29, 1.82) is 0 Å². The quantitative estimate of drug-likeness (QED) is 0.877. The van der Waals surface area contributed by atoms with E-state index in [1.165, 1.54) is 0 Å². The molecule has 1 amide bonds. The molecule has 1 aliphatic rings. The summed E-state index contributed by atoms with van der Waals surface area (Å²) in [5.41, 5.74) is 6.62. The smallest absolute Gasteiger partial charge is 0.415 e. The normalized spacial score (nSPS) is 22.2. The van der Waals surface area contributed by atoms with Crippen LogP contribution in [0.4, 0.5) is 16.2 Å². The van der Waals surface area contributed by atoms with E-state index in [0.717, 1.165) is 19.5 Å². The maximum atomic E-state index is 12.7. The molecule has 0 spiro atoms. The van der Waals surface area contributed by atoms with Crippen LogP contribution in [0.5, 0.6) is 0 Å². The maximum Gasteiger partial charge on any atom is 0.415 e. The Kier molecular flexibility index (Phi) is 4.90. The average molecular weight is 306 g/mol. The highest BCUT2D eigenvalue weighted by molar-refractivity contribution is 5.92. The molecule has 1 aliphatic heterocycles. The lowest BCUT2D eigenvalue weighted by Gasteiger charge is -2.38. The van der Waals surface area contributed by atoms with E-state index in [1.54, 1.807) is 23.4 Å². The first-order valence-corrected chi connectivity index (χ1v) is 7.70. The molecular formula is C16H26N4O2. The fourth-order valence-corrected chi connectivity index (χ4v) is 2.70. The summed E-state index contributed by atoms with van der Waals surface area (Å²) in [5, 5.41) is 3.37. The van der Waals surface area contributed by atoms with Crippen LogP contribution >= 0.6 is 0 Å². The molecule has 1 saturated heterocycles. The van der Waals surface area contributed by atoms with Crippen molar-refractivity contribution in [1.82, 2.24) is 10.3 Å². The largest absolute Gasteiger partial charge is 0.443 e.